The fraction of sp³-hybridized carbons (Fsp3) is 0.185. The molecule has 33 heavy (non-hydrogen) atoms. The van der Waals surface area contributed by atoms with Crippen LogP contribution in [-0.4, -0.2) is 38.1 Å². The Balaban J connectivity index is 1.52. The van der Waals surface area contributed by atoms with Gasteiger partial charge in [-0.1, -0.05) is 30.3 Å². The van der Waals surface area contributed by atoms with Crippen molar-refractivity contribution < 1.29 is 19.8 Å². The number of carboxylic acid groups (broad SMARTS) is 1. The van der Waals surface area contributed by atoms with Crippen molar-refractivity contribution in [1.29, 1.82) is 0 Å². The lowest BCUT2D eigenvalue weighted by atomic mass is 10.0. The van der Waals surface area contributed by atoms with Gasteiger partial charge in [-0.05, 0) is 66.4 Å². The summed E-state index contributed by atoms with van der Waals surface area (Å²) < 4.78 is 2.25. The molecular formula is C27H24N2O4. The first kappa shape index (κ1) is 20.8. The molecule has 0 saturated carbocycles. The van der Waals surface area contributed by atoms with Crippen LogP contribution in [-0.2, 0) is 19.5 Å². The fourth-order valence-corrected chi connectivity index (χ4v) is 4.78. The summed E-state index contributed by atoms with van der Waals surface area (Å²) in [5.74, 6) is -0.845. The lowest BCUT2D eigenvalue weighted by molar-refractivity contribution is 0.0694. The van der Waals surface area contributed by atoms with Crippen molar-refractivity contribution in [2.45, 2.75) is 26.4 Å². The smallest absolute Gasteiger partial charge is 0.335 e. The molecule has 2 heterocycles. The Labute approximate surface area is 191 Å². The molecule has 1 aliphatic rings. The maximum atomic E-state index is 13.1. The molecule has 5 rings (SSSR count). The van der Waals surface area contributed by atoms with E-state index in [1.165, 1.54) is 23.1 Å². The summed E-state index contributed by atoms with van der Waals surface area (Å²) in [6, 6.07) is 20.1. The highest BCUT2D eigenvalue weighted by atomic mass is 16.4. The van der Waals surface area contributed by atoms with Gasteiger partial charge in [0.2, 0.25) is 0 Å². The Morgan fingerprint density at radius 2 is 1.76 bits per heavy atom. The molecule has 166 valence electrons. The highest BCUT2D eigenvalue weighted by Gasteiger charge is 2.27. The van der Waals surface area contributed by atoms with Crippen molar-refractivity contribution in [1.82, 2.24) is 9.47 Å². The summed E-state index contributed by atoms with van der Waals surface area (Å²) in [6.07, 6.45) is 0.768. The number of amides is 1. The Bertz CT molecular complexity index is 1390. The number of phenols is 1. The summed E-state index contributed by atoms with van der Waals surface area (Å²) in [6.45, 7) is 3.54. The highest BCUT2D eigenvalue weighted by Crippen LogP contribution is 2.32. The number of fused-ring (bicyclic) bond motifs is 3. The number of para-hydroxylation sites is 1. The number of carbonyl (C=O) groups excluding carboxylic acids is 1. The van der Waals surface area contributed by atoms with E-state index in [0.717, 1.165) is 28.8 Å². The third-order valence-corrected chi connectivity index (χ3v) is 6.43. The van der Waals surface area contributed by atoms with Gasteiger partial charge in [-0.3, -0.25) is 4.79 Å². The Morgan fingerprint density at radius 1 is 1.00 bits per heavy atom. The van der Waals surface area contributed by atoms with Crippen LogP contribution in [0.5, 0.6) is 5.75 Å². The minimum atomic E-state index is -0.925. The number of hydrogen-bond acceptors (Lipinski definition) is 3. The van der Waals surface area contributed by atoms with Crippen LogP contribution in [0.1, 0.15) is 43.1 Å². The second kappa shape index (κ2) is 8.13. The van der Waals surface area contributed by atoms with Gasteiger partial charge in [0, 0.05) is 35.2 Å². The van der Waals surface area contributed by atoms with Crippen LogP contribution < -0.4 is 0 Å². The van der Waals surface area contributed by atoms with Gasteiger partial charge in [0.25, 0.3) is 5.91 Å². The molecule has 6 nitrogen and oxygen atoms in total. The minimum absolute atomic E-state index is 0.0564. The SMILES string of the molecule is Cc1cc(Cn2c3c(c4ccccc42)CCN(C(=O)c2ccc(O)cc2)C3)ccc1C(=O)O. The van der Waals surface area contributed by atoms with E-state index in [0.29, 0.717) is 30.8 Å². The molecule has 0 fully saturated rings. The molecule has 2 N–H and O–H groups in total. The van der Waals surface area contributed by atoms with Crippen molar-refractivity contribution in [2.75, 3.05) is 6.54 Å². The zero-order chi connectivity index (χ0) is 23.1. The first-order valence-electron chi connectivity index (χ1n) is 10.9. The first-order chi connectivity index (χ1) is 15.9. The molecule has 4 aromatic rings. The maximum Gasteiger partial charge on any atom is 0.335 e. The molecule has 0 aliphatic carbocycles. The van der Waals surface area contributed by atoms with Gasteiger partial charge in [-0.15, -0.1) is 0 Å². The molecule has 0 unspecified atom stereocenters. The van der Waals surface area contributed by atoms with Gasteiger partial charge >= 0.3 is 5.97 Å². The lowest BCUT2D eigenvalue weighted by Gasteiger charge is -2.29. The number of benzene rings is 3. The van der Waals surface area contributed by atoms with E-state index >= 15 is 0 Å². The number of aromatic nitrogens is 1. The molecule has 0 spiro atoms. The summed E-state index contributed by atoms with van der Waals surface area (Å²) in [5.41, 5.74) is 6.09. The van der Waals surface area contributed by atoms with Crippen LogP contribution in [0.15, 0.2) is 66.7 Å². The third kappa shape index (κ3) is 3.74. The monoisotopic (exact) mass is 440 g/mol. The Kier molecular flexibility index (Phi) is 5.13. The number of phenolic OH excluding ortho intramolecular Hbond substituents is 1. The summed E-state index contributed by atoms with van der Waals surface area (Å²) >= 11 is 0. The molecule has 1 amide bonds. The normalized spacial score (nSPS) is 13.2. The minimum Gasteiger partial charge on any atom is -0.508 e. The Morgan fingerprint density at radius 3 is 2.48 bits per heavy atom. The average Bonchev–Trinajstić information content (AvgIpc) is 3.12. The molecule has 0 atom stereocenters. The topological polar surface area (TPSA) is 82.8 Å². The predicted molar refractivity (Wildman–Crippen MR) is 126 cm³/mol. The van der Waals surface area contributed by atoms with Gasteiger partial charge in [0.1, 0.15) is 5.75 Å². The van der Waals surface area contributed by atoms with Gasteiger partial charge < -0.3 is 19.7 Å². The molecule has 0 saturated heterocycles. The van der Waals surface area contributed by atoms with E-state index < -0.39 is 5.97 Å². The first-order valence-corrected chi connectivity index (χ1v) is 10.9. The predicted octanol–water partition coefficient (Wildman–Crippen LogP) is 4.60. The van der Waals surface area contributed by atoms with E-state index in [4.69, 9.17) is 0 Å². The quantitative estimate of drug-likeness (QED) is 0.486. The second-order valence-corrected chi connectivity index (χ2v) is 8.51. The second-order valence-electron chi connectivity index (χ2n) is 8.51. The fourth-order valence-electron chi connectivity index (χ4n) is 4.78. The largest absolute Gasteiger partial charge is 0.508 e. The van der Waals surface area contributed by atoms with Crippen molar-refractivity contribution in [3.8, 4) is 5.75 Å². The van der Waals surface area contributed by atoms with E-state index in [-0.39, 0.29) is 11.7 Å². The molecule has 3 aromatic carbocycles. The number of aryl methyl sites for hydroxylation is 1. The standard InChI is InChI=1S/C27H24N2O4/c1-17-14-18(6-11-21(17)27(32)33)15-29-24-5-3-2-4-22(24)23-12-13-28(16-25(23)29)26(31)19-7-9-20(30)10-8-19/h2-11,14,30H,12-13,15-16H2,1H3,(H,32,33). The summed E-state index contributed by atoms with van der Waals surface area (Å²) in [5, 5.41) is 20.1. The van der Waals surface area contributed by atoms with Crippen LogP contribution in [0.4, 0.5) is 0 Å². The summed E-state index contributed by atoms with van der Waals surface area (Å²) in [4.78, 5) is 26.4. The molecule has 0 bridgehead atoms. The van der Waals surface area contributed by atoms with Crippen LogP contribution in [0, 0.1) is 6.92 Å². The number of nitrogens with zero attached hydrogens (tertiary/aromatic N) is 2. The number of rotatable bonds is 4. The van der Waals surface area contributed by atoms with Gasteiger partial charge in [0.05, 0.1) is 12.1 Å². The number of aromatic carboxylic acids is 1. The zero-order valence-corrected chi connectivity index (χ0v) is 18.3. The highest BCUT2D eigenvalue weighted by molar-refractivity contribution is 5.95. The number of aromatic hydroxyl groups is 1. The summed E-state index contributed by atoms with van der Waals surface area (Å²) in [7, 11) is 0. The van der Waals surface area contributed by atoms with Crippen LogP contribution in [0.25, 0.3) is 10.9 Å². The molecule has 6 heteroatoms. The van der Waals surface area contributed by atoms with Crippen molar-refractivity contribution in [3.63, 3.8) is 0 Å². The van der Waals surface area contributed by atoms with Gasteiger partial charge in [-0.2, -0.15) is 0 Å². The van der Waals surface area contributed by atoms with Crippen molar-refractivity contribution >= 4 is 22.8 Å². The third-order valence-electron chi connectivity index (χ3n) is 6.43. The molecular weight excluding hydrogens is 416 g/mol. The van der Waals surface area contributed by atoms with E-state index in [1.807, 2.05) is 36.1 Å². The molecule has 0 radical (unpaired) electrons. The van der Waals surface area contributed by atoms with Crippen molar-refractivity contribution in [2.24, 2.45) is 0 Å². The van der Waals surface area contributed by atoms with E-state index in [9.17, 15) is 19.8 Å². The average molecular weight is 440 g/mol. The number of carbonyl (C=O) groups is 2. The number of hydrogen-bond donors (Lipinski definition) is 2. The van der Waals surface area contributed by atoms with Crippen molar-refractivity contribution in [3.05, 3.63) is 100 Å². The molecule has 1 aliphatic heterocycles. The lowest BCUT2D eigenvalue weighted by Crippen LogP contribution is -2.36. The van der Waals surface area contributed by atoms with Gasteiger partial charge in [-0.25, -0.2) is 4.79 Å². The van der Waals surface area contributed by atoms with Crippen LogP contribution in [0.2, 0.25) is 0 Å². The van der Waals surface area contributed by atoms with Gasteiger partial charge in [0.15, 0.2) is 0 Å². The van der Waals surface area contributed by atoms with E-state index in [2.05, 4.69) is 16.7 Å². The molecule has 1 aromatic heterocycles. The zero-order valence-electron chi connectivity index (χ0n) is 18.3. The Hall–Kier alpha value is -4.06. The maximum absolute atomic E-state index is 13.1. The van der Waals surface area contributed by atoms with E-state index in [1.54, 1.807) is 18.2 Å². The van der Waals surface area contributed by atoms with Crippen LogP contribution in [0.3, 0.4) is 0 Å². The number of carboxylic acids is 1. The van der Waals surface area contributed by atoms with Crippen LogP contribution >= 0.6 is 0 Å².